The molecule has 0 spiro atoms. The number of aromatic nitrogens is 2. The molecule has 10 heteroatoms. The molecule has 0 amide bonds. The summed E-state index contributed by atoms with van der Waals surface area (Å²) < 4.78 is 26.6. The molecule has 3 aliphatic rings. The van der Waals surface area contributed by atoms with Gasteiger partial charge in [0.15, 0.2) is 0 Å². The van der Waals surface area contributed by atoms with E-state index in [0.717, 1.165) is 45.2 Å². The summed E-state index contributed by atoms with van der Waals surface area (Å²) in [6, 6.07) is 6.71. The van der Waals surface area contributed by atoms with E-state index in [1.54, 1.807) is 25.1 Å². The Morgan fingerprint density at radius 3 is 2.51 bits per heavy atom. The van der Waals surface area contributed by atoms with Crippen LogP contribution in [0.3, 0.4) is 0 Å². The Hall–Kier alpha value is -3.86. The van der Waals surface area contributed by atoms with E-state index in [-0.39, 0.29) is 30.2 Å². The first kappa shape index (κ1) is 36.4. The lowest BCUT2D eigenvalue weighted by molar-refractivity contribution is -0.0123. The number of aliphatic hydroxyl groups is 1. The Morgan fingerprint density at radius 1 is 1.16 bits per heavy atom. The van der Waals surface area contributed by atoms with Gasteiger partial charge in [0.2, 0.25) is 0 Å². The predicted octanol–water partition coefficient (Wildman–Crippen LogP) is 6.93. The van der Waals surface area contributed by atoms with Gasteiger partial charge in [-0.15, -0.1) is 0 Å². The van der Waals surface area contributed by atoms with Crippen molar-refractivity contribution >= 4 is 39.0 Å². The fourth-order valence-electron chi connectivity index (χ4n) is 6.98. The molecule has 3 aromatic rings. The molecule has 2 atom stereocenters. The van der Waals surface area contributed by atoms with Crippen molar-refractivity contribution in [2.75, 3.05) is 58.5 Å². The number of methoxy groups -OCH3 is 1. The highest BCUT2D eigenvalue weighted by Gasteiger charge is 2.37. The van der Waals surface area contributed by atoms with Gasteiger partial charge in [0.1, 0.15) is 23.0 Å². The summed E-state index contributed by atoms with van der Waals surface area (Å²) in [5, 5.41) is 23.4. The third kappa shape index (κ3) is 7.66. The molecule has 6 rings (SSSR count). The van der Waals surface area contributed by atoms with Crippen molar-refractivity contribution in [1.29, 1.82) is 0 Å². The Balaban J connectivity index is 0.000000704. The molecule has 1 aromatic heterocycles. The molecule has 49 heavy (non-hydrogen) atoms. The highest BCUT2D eigenvalue weighted by molar-refractivity contribution is 6.51. The first-order valence-electron chi connectivity index (χ1n) is 17.5. The lowest BCUT2D eigenvalue weighted by Crippen LogP contribution is -2.42. The number of halogens is 1. The number of aromatic hydroxyl groups is 1. The largest absolute Gasteiger partial charge is 0.508 e. The number of aliphatic imine (C=N–C) groups is 1. The number of fused-ring (bicyclic) bond motifs is 2. The Bertz CT molecular complexity index is 1780. The summed E-state index contributed by atoms with van der Waals surface area (Å²) in [4.78, 5) is 19.3. The van der Waals surface area contributed by atoms with E-state index in [1.165, 1.54) is 39.1 Å². The van der Waals surface area contributed by atoms with Gasteiger partial charge in [-0.2, -0.15) is 9.97 Å². The molecule has 9 nitrogen and oxygen atoms in total. The lowest BCUT2D eigenvalue weighted by Gasteiger charge is -2.33. The number of allylic oxidation sites excluding steroid dienone is 4. The summed E-state index contributed by atoms with van der Waals surface area (Å²) in [6.45, 7) is 15.9. The van der Waals surface area contributed by atoms with Crippen LogP contribution in [-0.2, 0) is 11.2 Å². The van der Waals surface area contributed by atoms with E-state index in [0.29, 0.717) is 48.8 Å². The molecule has 2 aromatic carbocycles. The molecule has 0 bridgehead atoms. The van der Waals surface area contributed by atoms with E-state index < -0.39 is 5.60 Å². The summed E-state index contributed by atoms with van der Waals surface area (Å²) in [6.07, 6.45) is 6.13. The molecule has 2 fully saturated rings. The van der Waals surface area contributed by atoms with E-state index in [1.807, 2.05) is 31.7 Å². The number of aryl methyl sites for hydroxylation is 1. The van der Waals surface area contributed by atoms with E-state index in [2.05, 4.69) is 25.8 Å². The minimum absolute atomic E-state index is 0.0183. The van der Waals surface area contributed by atoms with E-state index in [9.17, 15) is 10.2 Å². The average Bonchev–Trinajstić information content (AvgIpc) is 3.48. The Kier molecular flexibility index (Phi) is 11.4. The average molecular weight is 674 g/mol. The Morgan fingerprint density at radius 2 is 1.90 bits per heavy atom. The molecule has 0 saturated carbocycles. The van der Waals surface area contributed by atoms with Crippen LogP contribution in [0.1, 0.15) is 83.2 Å². The van der Waals surface area contributed by atoms with Gasteiger partial charge in [-0.1, -0.05) is 26.0 Å². The lowest BCUT2D eigenvalue weighted by atomic mass is 9.78. The van der Waals surface area contributed by atoms with Crippen molar-refractivity contribution in [3.05, 3.63) is 58.5 Å². The minimum Gasteiger partial charge on any atom is -0.508 e. The Labute approximate surface area is 290 Å². The highest BCUT2D eigenvalue weighted by atomic mass is 19.1. The van der Waals surface area contributed by atoms with Crippen LogP contribution < -0.4 is 9.64 Å². The fourth-order valence-corrected chi connectivity index (χ4v) is 6.98. The summed E-state index contributed by atoms with van der Waals surface area (Å²) >= 11 is 0. The molecule has 2 unspecified atom stereocenters. The zero-order valence-corrected chi connectivity index (χ0v) is 30.4. The molecule has 3 heterocycles. The molecular formula is C39H52FN5O4. The van der Waals surface area contributed by atoms with Crippen LogP contribution in [-0.4, -0.2) is 96.0 Å². The molecule has 1 aliphatic carbocycles. The number of ether oxygens (including phenoxy) is 2. The zero-order valence-electron chi connectivity index (χ0n) is 30.4. The van der Waals surface area contributed by atoms with Crippen molar-refractivity contribution in [1.82, 2.24) is 14.9 Å². The van der Waals surface area contributed by atoms with Crippen LogP contribution in [0.2, 0.25) is 0 Å². The SMILES string of the molecule is C/C=C1\C(=NC(C)CC)C(c2cc(O)cc3ccc(F)c(CC)c23)=C(C)c2nc(OC)nc(N3CCOCC(C)(O)C3)c21.CN1CCCC1. The van der Waals surface area contributed by atoms with Crippen LogP contribution in [0.25, 0.3) is 27.5 Å². The predicted molar refractivity (Wildman–Crippen MR) is 197 cm³/mol. The van der Waals surface area contributed by atoms with Crippen LogP contribution in [0, 0.1) is 5.82 Å². The second-order valence-corrected chi connectivity index (χ2v) is 13.6. The second-order valence-electron chi connectivity index (χ2n) is 13.6. The number of phenols is 1. The van der Waals surface area contributed by atoms with Crippen LogP contribution in [0.15, 0.2) is 35.3 Å². The number of benzene rings is 2. The topological polar surface area (TPSA) is 104 Å². The van der Waals surface area contributed by atoms with Gasteiger partial charge in [0.25, 0.3) is 0 Å². The van der Waals surface area contributed by atoms with Gasteiger partial charge in [-0.05, 0) is 119 Å². The fraction of sp³-hybridized carbons (Fsp3) is 0.513. The molecule has 2 N–H and O–H groups in total. The number of phenolic OH excluding ortho intramolecular Hbond substituents is 1. The maximum absolute atomic E-state index is 15.3. The van der Waals surface area contributed by atoms with Crippen LogP contribution >= 0.6 is 0 Å². The standard InChI is InChI=1S/C34H41FN4O4.C5H11N/c1-8-19(4)36-31-24(10-3)29-30(37-33(42-7)38-32(29)39-13-14-43-18-34(6,41)17-39)20(5)27(31)25-16-22(40)15-21-11-12-26(35)23(9-2)28(21)25;1-6-4-2-3-5-6/h10-12,15-16,19,40-41H,8-9,13-14,17-18H2,1-7H3;2-5H2,1H3/b24-10-,36-31?;. The molecular weight excluding hydrogens is 621 g/mol. The van der Waals surface area contributed by atoms with Gasteiger partial charge in [-0.25, -0.2) is 4.39 Å². The molecule has 264 valence electrons. The number of β-amino-alcohol motifs (C(OH)–C–C–N with tert-alkyl or cyclic N) is 1. The zero-order chi connectivity index (χ0) is 35.5. The summed E-state index contributed by atoms with van der Waals surface area (Å²) in [5.74, 6) is 0.418. The third-order valence-electron chi connectivity index (χ3n) is 9.63. The monoisotopic (exact) mass is 673 g/mol. The van der Waals surface area contributed by atoms with Gasteiger partial charge < -0.3 is 29.5 Å². The van der Waals surface area contributed by atoms with Crippen LogP contribution in [0.4, 0.5) is 10.2 Å². The van der Waals surface area contributed by atoms with Crippen molar-refractivity contribution in [3.63, 3.8) is 0 Å². The molecule has 0 radical (unpaired) electrons. The van der Waals surface area contributed by atoms with E-state index >= 15 is 4.39 Å². The normalized spacial score (nSPS) is 22.3. The number of hydrogen-bond donors (Lipinski definition) is 2. The number of rotatable bonds is 6. The van der Waals surface area contributed by atoms with Crippen molar-refractivity contribution in [2.45, 2.75) is 78.9 Å². The smallest absolute Gasteiger partial charge is 0.318 e. The highest BCUT2D eigenvalue weighted by Crippen LogP contribution is 2.47. The maximum Gasteiger partial charge on any atom is 0.318 e. The van der Waals surface area contributed by atoms with Crippen molar-refractivity contribution in [3.8, 4) is 11.8 Å². The first-order valence-corrected chi connectivity index (χ1v) is 17.5. The molecule has 2 saturated heterocycles. The van der Waals surface area contributed by atoms with Gasteiger partial charge in [0.05, 0.1) is 43.8 Å². The summed E-state index contributed by atoms with van der Waals surface area (Å²) in [7, 11) is 3.70. The molecule has 2 aliphatic heterocycles. The van der Waals surface area contributed by atoms with E-state index in [4.69, 9.17) is 24.4 Å². The van der Waals surface area contributed by atoms with Crippen molar-refractivity contribution < 1.29 is 24.1 Å². The summed E-state index contributed by atoms with van der Waals surface area (Å²) in [5.41, 5.74) is 4.77. The number of anilines is 1. The van der Waals surface area contributed by atoms with Crippen LogP contribution in [0.5, 0.6) is 11.8 Å². The minimum atomic E-state index is -1.09. The second kappa shape index (κ2) is 15.4. The first-order chi connectivity index (χ1) is 23.4. The third-order valence-corrected chi connectivity index (χ3v) is 9.63. The van der Waals surface area contributed by atoms with Crippen molar-refractivity contribution in [2.24, 2.45) is 4.99 Å². The maximum atomic E-state index is 15.3. The number of nitrogens with zero attached hydrogens (tertiary/aromatic N) is 5. The van der Waals surface area contributed by atoms with Gasteiger partial charge in [0, 0.05) is 23.7 Å². The van der Waals surface area contributed by atoms with Gasteiger partial charge in [-0.3, -0.25) is 4.99 Å². The number of likely N-dealkylation sites (tertiary alicyclic amines) is 1. The quantitative estimate of drug-likeness (QED) is 0.291. The number of hydrogen-bond acceptors (Lipinski definition) is 9. The van der Waals surface area contributed by atoms with Gasteiger partial charge >= 0.3 is 6.01 Å².